The van der Waals surface area contributed by atoms with Gasteiger partial charge in [0.1, 0.15) is 0 Å². The first-order chi connectivity index (χ1) is 13.4. The van der Waals surface area contributed by atoms with Crippen LogP contribution in [0.25, 0.3) is 0 Å². The second-order valence-corrected chi connectivity index (χ2v) is 7.38. The Morgan fingerprint density at radius 3 is 2.64 bits per heavy atom. The molecule has 0 bridgehead atoms. The van der Waals surface area contributed by atoms with Crippen LogP contribution in [0.4, 0.5) is 0 Å². The van der Waals surface area contributed by atoms with Crippen LogP contribution in [0.1, 0.15) is 54.1 Å². The van der Waals surface area contributed by atoms with E-state index in [1.165, 1.54) is 11.1 Å². The number of carboxylic acids is 1. The highest BCUT2D eigenvalue weighted by Crippen LogP contribution is 2.33. The number of carbonyl (C=O) groups is 2. The molecule has 28 heavy (non-hydrogen) atoms. The van der Waals surface area contributed by atoms with Crippen molar-refractivity contribution < 1.29 is 14.7 Å². The smallest absolute Gasteiger partial charge is 0.303 e. The highest BCUT2D eigenvalue weighted by molar-refractivity contribution is 5.77. The molecule has 0 saturated heterocycles. The van der Waals surface area contributed by atoms with Crippen molar-refractivity contribution in [3.05, 3.63) is 65.0 Å². The molecule has 6 nitrogen and oxygen atoms in total. The summed E-state index contributed by atoms with van der Waals surface area (Å²) in [7, 11) is 0. The Kier molecular flexibility index (Phi) is 6.29. The van der Waals surface area contributed by atoms with Gasteiger partial charge in [-0.15, -0.1) is 0 Å². The van der Waals surface area contributed by atoms with E-state index in [0.29, 0.717) is 6.42 Å². The molecule has 148 valence electrons. The van der Waals surface area contributed by atoms with Gasteiger partial charge in [0, 0.05) is 36.1 Å². The Morgan fingerprint density at radius 1 is 1.18 bits per heavy atom. The summed E-state index contributed by atoms with van der Waals surface area (Å²) in [6.45, 7) is 4.88. The van der Waals surface area contributed by atoms with Gasteiger partial charge >= 0.3 is 5.97 Å². The highest BCUT2D eigenvalue weighted by Gasteiger charge is 2.26. The Morgan fingerprint density at radius 2 is 1.93 bits per heavy atom. The minimum atomic E-state index is -0.868. The zero-order chi connectivity index (χ0) is 20.1. The molecular weight excluding hydrogens is 354 g/mol. The fraction of sp³-hybridized carbons (Fsp3) is 0.409. The van der Waals surface area contributed by atoms with Crippen LogP contribution in [0.2, 0.25) is 0 Å². The highest BCUT2D eigenvalue weighted by atomic mass is 16.4. The zero-order valence-electron chi connectivity index (χ0n) is 16.4. The monoisotopic (exact) mass is 381 g/mol. The first kappa shape index (κ1) is 19.9. The molecule has 1 aromatic heterocycles. The molecule has 1 aromatic carbocycles. The molecule has 6 heteroatoms. The van der Waals surface area contributed by atoms with Crippen molar-refractivity contribution in [3.63, 3.8) is 0 Å². The van der Waals surface area contributed by atoms with Gasteiger partial charge in [0.2, 0.25) is 5.91 Å². The second kappa shape index (κ2) is 8.87. The maximum absolute atomic E-state index is 12.0. The van der Waals surface area contributed by atoms with Crippen LogP contribution in [-0.4, -0.2) is 32.8 Å². The number of aryl methyl sites for hydroxylation is 1. The third-order valence-electron chi connectivity index (χ3n) is 5.21. The predicted octanol–water partition coefficient (Wildman–Crippen LogP) is 3.33. The number of nitrogens with zero attached hydrogens (tertiary/aromatic N) is 2. The number of hydrogen-bond acceptors (Lipinski definition) is 3. The van der Waals surface area contributed by atoms with Crippen molar-refractivity contribution in [2.45, 2.75) is 58.0 Å². The number of rotatable bonds is 8. The average molecular weight is 381 g/mol. The fourth-order valence-electron chi connectivity index (χ4n) is 3.86. The number of nitrogens with one attached hydrogen (secondary N) is 1. The topological polar surface area (TPSA) is 84.2 Å². The van der Waals surface area contributed by atoms with Gasteiger partial charge in [-0.3, -0.25) is 14.3 Å². The summed E-state index contributed by atoms with van der Waals surface area (Å²) in [4.78, 5) is 22.6. The summed E-state index contributed by atoms with van der Waals surface area (Å²) in [5.74, 6) is -0.731. The van der Waals surface area contributed by atoms with Gasteiger partial charge in [-0.1, -0.05) is 42.5 Å². The second-order valence-electron chi connectivity index (χ2n) is 7.38. The zero-order valence-corrected chi connectivity index (χ0v) is 16.4. The van der Waals surface area contributed by atoms with Crippen LogP contribution in [0.15, 0.2) is 42.5 Å². The van der Waals surface area contributed by atoms with Gasteiger partial charge in [0.25, 0.3) is 0 Å². The van der Waals surface area contributed by atoms with Gasteiger partial charge in [-0.05, 0) is 32.3 Å². The van der Waals surface area contributed by atoms with Gasteiger partial charge in [-0.25, -0.2) is 0 Å². The Balaban J connectivity index is 1.60. The summed E-state index contributed by atoms with van der Waals surface area (Å²) in [5, 5.41) is 16.4. The number of aliphatic carboxylic acids is 1. The van der Waals surface area contributed by atoms with Crippen molar-refractivity contribution in [2.75, 3.05) is 0 Å². The normalized spacial score (nSPS) is 18.4. The third kappa shape index (κ3) is 4.88. The molecule has 2 aromatic rings. The quantitative estimate of drug-likeness (QED) is 0.687. The van der Waals surface area contributed by atoms with E-state index in [2.05, 4.69) is 30.4 Å². The third-order valence-corrected chi connectivity index (χ3v) is 5.21. The molecule has 0 radical (unpaired) electrons. The number of carbonyl (C=O) groups excluding carboxylic acids is 1. The van der Waals surface area contributed by atoms with E-state index in [4.69, 9.17) is 10.2 Å². The summed E-state index contributed by atoms with van der Waals surface area (Å²) in [6, 6.07) is 10.3. The minimum absolute atomic E-state index is 0.0152. The van der Waals surface area contributed by atoms with Crippen LogP contribution < -0.4 is 5.32 Å². The maximum atomic E-state index is 12.0. The lowest BCUT2D eigenvalue weighted by molar-refractivity contribution is -0.137. The molecule has 1 aliphatic rings. The first-order valence-corrected chi connectivity index (χ1v) is 9.71. The summed E-state index contributed by atoms with van der Waals surface area (Å²) in [6.07, 6.45) is 5.62. The van der Waals surface area contributed by atoms with Crippen LogP contribution in [0.3, 0.4) is 0 Å². The van der Waals surface area contributed by atoms with Crippen LogP contribution >= 0.6 is 0 Å². The predicted molar refractivity (Wildman–Crippen MR) is 107 cm³/mol. The summed E-state index contributed by atoms with van der Waals surface area (Å²) >= 11 is 0. The molecule has 1 aliphatic carbocycles. The van der Waals surface area contributed by atoms with Gasteiger partial charge in [0.05, 0.1) is 12.2 Å². The Labute approximate surface area is 165 Å². The van der Waals surface area contributed by atoms with Crippen molar-refractivity contribution in [3.8, 4) is 0 Å². The van der Waals surface area contributed by atoms with Crippen molar-refractivity contribution in [1.29, 1.82) is 0 Å². The minimum Gasteiger partial charge on any atom is -0.481 e. The van der Waals surface area contributed by atoms with Gasteiger partial charge < -0.3 is 10.4 Å². The Hall–Kier alpha value is -2.89. The number of hydrogen-bond donors (Lipinski definition) is 2. The summed E-state index contributed by atoms with van der Waals surface area (Å²) in [5.41, 5.74) is 4.63. The largest absolute Gasteiger partial charge is 0.481 e. The number of benzene rings is 1. The van der Waals surface area contributed by atoms with Gasteiger partial charge in [0.15, 0.2) is 0 Å². The van der Waals surface area contributed by atoms with Crippen molar-refractivity contribution >= 4 is 11.9 Å². The van der Waals surface area contributed by atoms with E-state index in [9.17, 15) is 9.59 Å². The molecule has 0 unspecified atom stereocenters. The lowest BCUT2D eigenvalue weighted by atomic mass is 9.96. The summed E-state index contributed by atoms with van der Waals surface area (Å²) < 4.78 is 2.05. The number of aromatic nitrogens is 2. The van der Waals surface area contributed by atoms with E-state index in [-0.39, 0.29) is 30.7 Å². The van der Waals surface area contributed by atoms with Crippen molar-refractivity contribution in [1.82, 2.24) is 15.1 Å². The van der Waals surface area contributed by atoms with Crippen molar-refractivity contribution in [2.24, 2.45) is 0 Å². The number of carboxylic acid groups (broad SMARTS) is 1. The average Bonchev–Trinajstić information content (AvgIpc) is 3.19. The lowest BCUT2D eigenvalue weighted by Crippen LogP contribution is -2.32. The van der Waals surface area contributed by atoms with E-state index >= 15 is 0 Å². The Bertz CT molecular complexity index is 871. The SMILES string of the molecule is Cc1nn(Cc2ccccc2)c(C)c1[C@H]1C=C[C@@H](NC(=O)CCCC(=O)O)C1. The number of amides is 1. The first-order valence-electron chi connectivity index (χ1n) is 9.71. The molecule has 0 fully saturated rings. The standard InChI is InChI=1S/C22H27N3O3/c1-15-22(16(2)25(24-15)14-17-7-4-3-5-8-17)18-11-12-19(13-18)23-20(26)9-6-10-21(27)28/h3-5,7-8,11-12,18-19H,6,9-10,13-14H2,1-2H3,(H,23,26)(H,27,28)/t18-,19+/m0/s1. The van der Waals surface area contributed by atoms with Crippen LogP contribution in [0, 0.1) is 13.8 Å². The molecule has 2 atom stereocenters. The van der Waals surface area contributed by atoms with E-state index in [1.54, 1.807) is 0 Å². The molecule has 2 N–H and O–H groups in total. The molecule has 0 aliphatic heterocycles. The van der Waals surface area contributed by atoms with Crippen LogP contribution in [0.5, 0.6) is 0 Å². The van der Waals surface area contributed by atoms with Gasteiger partial charge in [-0.2, -0.15) is 5.10 Å². The van der Waals surface area contributed by atoms with E-state index < -0.39 is 5.97 Å². The molecule has 1 heterocycles. The fourth-order valence-corrected chi connectivity index (χ4v) is 3.86. The molecule has 0 saturated carbocycles. The number of allylic oxidation sites excluding steroid dienone is 1. The molecule has 0 spiro atoms. The maximum Gasteiger partial charge on any atom is 0.303 e. The molecule has 3 rings (SSSR count). The molecular formula is C22H27N3O3. The lowest BCUT2D eigenvalue weighted by Gasteiger charge is -2.15. The molecule has 1 amide bonds. The van der Waals surface area contributed by atoms with E-state index in [0.717, 1.165) is 24.4 Å². The van der Waals surface area contributed by atoms with Crippen LogP contribution in [-0.2, 0) is 16.1 Å². The van der Waals surface area contributed by atoms with E-state index in [1.807, 2.05) is 35.9 Å².